The molecule has 0 aliphatic rings. The molecule has 0 bridgehead atoms. The van der Waals surface area contributed by atoms with E-state index in [0.717, 1.165) is 0 Å². The second kappa shape index (κ2) is 4.67. The van der Waals surface area contributed by atoms with E-state index in [1.807, 2.05) is 0 Å². The van der Waals surface area contributed by atoms with E-state index < -0.39 is 10.8 Å². The lowest BCUT2D eigenvalue weighted by atomic mass is 10.4. The molecule has 0 radical (unpaired) electrons. The van der Waals surface area contributed by atoms with Crippen molar-refractivity contribution in [1.82, 2.24) is 19.8 Å². The maximum absolute atomic E-state index is 11.0. The fraction of sp³-hybridized carbons (Fsp3) is 0.0909. The summed E-state index contributed by atoms with van der Waals surface area (Å²) in [6.07, 6.45) is 0. The van der Waals surface area contributed by atoms with Crippen LogP contribution in [0.1, 0.15) is 6.92 Å². The lowest BCUT2D eigenvalue weighted by Crippen LogP contribution is -2.09. The van der Waals surface area contributed by atoms with Crippen LogP contribution in [0.3, 0.4) is 0 Å². The second-order valence-corrected chi connectivity index (χ2v) is 4.09. The average Bonchev–Trinajstić information content (AvgIpc) is 3.02. The predicted molar refractivity (Wildman–Crippen MR) is 69.4 cm³/mol. The molecule has 0 saturated heterocycles. The third-order valence-corrected chi connectivity index (χ3v) is 2.56. The lowest BCUT2D eigenvalue weighted by molar-refractivity contribution is -0.401. The zero-order chi connectivity index (χ0) is 15.0. The number of nitro groups is 1. The summed E-state index contributed by atoms with van der Waals surface area (Å²) in [4.78, 5) is 21.0. The Bertz CT molecular complexity index is 851. The molecule has 3 heterocycles. The number of carbonyl (C=O) groups is 1. The maximum Gasteiger partial charge on any atom is 0.433 e. The number of amides is 1. The maximum atomic E-state index is 11.0. The van der Waals surface area contributed by atoms with Crippen molar-refractivity contribution in [2.45, 2.75) is 6.92 Å². The first kappa shape index (κ1) is 12.7. The molecule has 0 atom stereocenters. The van der Waals surface area contributed by atoms with Crippen molar-refractivity contribution >= 4 is 23.3 Å². The first-order chi connectivity index (χ1) is 10.0. The number of rotatable bonds is 3. The fourth-order valence-corrected chi connectivity index (χ4v) is 1.74. The number of furan rings is 1. The Hall–Kier alpha value is -3.30. The van der Waals surface area contributed by atoms with Crippen molar-refractivity contribution in [3.63, 3.8) is 0 Å². The van der Waals surface area contributed by atoms with E-state index in [1.165, 1.54) is 23.6 Å². The van der Waals surface area contributed by atoms with E-state index in [2.05, 4.69) is 20.6 Å². The Morgan fingerprint density at radius 1 is 1.33 bits per heavy atom. The number of hydrogen-bond acceptors (Lipinski definition) is 7. The molecule has 0 aliphatic heterocycles. The van der Waals surface area contributed by atoms with Gasteiger partial charge in [0.15, 0.2) is 17.2 Å². The molecule has 1 amide bonds. The van der Waals surface area contributed by atoms with Crippen LogP contribution in [-0.4, -0.2) is 30.6 Å². The number of fused-ring (bicyclic) bond motifs is 1. The molecule has 1 N–H and O–H groups in total. The molecule has 0 spiro atoms. The minimum atomic E-state index is -0.650. The topological polar surface area (TPSA) is 128 Å². The van der Waals surface area contributed by atoms with Crippen molar-refractivity contribution < 1.29 is 14.1 Å². The average molecular weight is 288 g/mol. The molecule has 0 unspecified atom stereocenters. The Morgan fingerprint density at radius 3 is 2.81 bits per heavy atom. The SMILES string of the molecule is CC(=O)Nc1ccc2nnc(-c3ccc([N+](=O)[O-])o3)n2n1. The molecule has 3 aromatic rings. The fourth-order valence-electron chi connectivity index (χ4n) is 1.74. The van der Waals surface area contributed by atoms with Crippen LogP contribution in [0.15, 0.2) is 28.7 Å². The summed E-state index contributed by atoms with van der Waals surface area (Å²) in [5.74, 6) is -0.0195. The van der Waals surface area contributed by atoms with Gasteiger partial charge < -0.3 is 9.73 Å². The van der Waals surface area contributed by atoms with Crippen LogP contribution in [0.25, 0.3) is 17.2 Å². The Balaban J connectivity index is 2.08. The van der Waals surface area contributed by atoms with E-state index in [0.29, 0.717) is 11.5 Å². The van der Waals surface area contributed by atoms with Crippen molar-refractivity contribution in [1.29, 1.82) is 0 Å². The van der Waals surface area contributed by atoms with Crippen LogP contribution in [0.4, 0.5) is 11.7 Å². The van der Waals surface area contributed by atoms with Crippen molar-refractivity contribution in [2.24, 2.45) is 0 Å². The van der Waals surface area contributed by atoms with Gasteiger partial charge in [-0.1, -0.05) is 0 Å². The van der Waals surface area contributed by atoms with Gasteiger partial charge in [-0.3, -0.25) is 14.9 Å². The van der Waals surface area contributed by atoms with Gasteiger partial charge in [0.2, 0.25) is 11.7 Å². The smallest absolute Gasteiger partial charge is 0.397 e. The van der Waals surface area contributed by atoms with Crippen molar-refractivity contribution in [3.8, 4) is 11.6 Å². The monoisotopic (exact) mass is 288 g/mol. The minimum absolute atomic E-state index is 0.154. The van der Waals surface area contributed by atoms with E-state index in [9.17, 15) is 14.9 Å². The minimum Gasteiger partial charge on any atom is -0.397 e. The molecular weight excluding hydrogens is 280 g/mol. The quantitative estimate of drug-likeness (QED) is 0.567. The lowest BCUT2D eigenvalue weighted by Gasteiger charge is -2.01. The highest BCUT2D eigenvalue weighted by Crippen LogP contribution is 2.24. The molecule has 21 heavy (non-hydrogen) atoms. The molecule has 3 aromatic heterocycles. The number of nitrogens with zero attached hydrogens (tertiary/aromatic N) is 5. The van der Waals surface area contributed by atoms with Gasteiger partial charge >= 0.3 is 5.88 Å². The molecule has 10 nitrogen and oxygen atoms in total. The number of carbonyl (C=O) groups excluding carboxylic acids is 1. The van der Waals surface area contributed by atoms with Crippen LogP contribution in [0, 0.1) is 10.1 Å². The summed E-state index contributed by atoms with van der Waals surface area (Å²) in [6.45, 7) is 1.36. The largest absolute Gasteiger partial charge is 0.433 e. The summed E-state index contributed by atoms with van der Waals surface area (Å²) in [5.41, 5.74) is 0.415. The molecule has 0 aliphatic carbocycles. The summed E-state index contributed by atoms with van der Waals surface area (Å²) in [5, 5.41) is 25.0. The Kier molecular flexibility index (Phi) is 2.83. The van der Waals surface area contributed by atoms with Gasteiger partial charge in [0.1, 0.15) is 4.92 Å². The van der Waals surface area contributed by atoms with Crippen molar-refractivity contribution in [2.75, 3.05) is 5.32 Å². The summed E-state index contributed by atoms with van der Waals surface area (Å²) < 4.78 is 6.40. The van der Waals surface area contributed by atoms with E-state index >= 15 is 0 Å². The number of anilines is 1. The molecule has 0 saturated carbocycles. The zero-order valence-corrected chi connectivity index (χ0v) is 10.7. The highest BCUT2D eigenvalue weighted by Gasteiger charge is 2.18. The molecule has 10 heteroatoms. The number of hydrogen-bond donors (Lipinski definition) is 1. The Morgan fingerprint density at radius 2 is 2.14 bits per heavy atom. The summed E-state index contributed by atoms with van der Waals surface area (Å²) in [6, 6.07) is 5.79. The van der Waals surface area contributed by atoms with E-state index in [1.54, 1.807) is 12.1 Å². The van der Waals surface area contributed by atoms with Gasteiger partial charge in [-0.25, -0.2) is 0 Å². The normalized spacial score (nSPS) is 10.7. The zero-order valence-electron chi connectivity index (χ0n) is 10.7. The van der Waals surface area contributed by atoms with Crippen LogP contribution < -0.4 is 5.32 Å². The third-order valence-electron chi connectivity index (χ3n) is 2.56. The van der Waals surface area contributed by atoms with Crippen LogP contribution in [0.2, 0.25) is 0 Å². The van der Waals surface area contributed by atoms with Crippen LogP contribution in [-0.2, 0) is 4.79 Å². The van der Waals surface area contributed by atoms with Gasteiger partial charge in [0.05, 0.1) is 6.07 Å². The highest BCUT2D eigenvalue weighted by atomic mass is 16.6. The third kappa shape index (κ3) is 2.29. The molecule has 106 valence electrons. The molecule has 0 aromatic carbocycles. The van der Waals surface area contributed by atoms with Gasteiger partial charge in [0, 0.05) is 6.92 Å². The first-order valence-corrected chi connectivity index (χ1v) is 5.79. The summed E-state index contributed by atoms with van der Waals surface area (Å²) >= 11 is 0. The molecule has 3 rings (SSSR count). The van der Waals surface area contributed by atoms with Gasteiger partial charge in [-0.15, -0.1) is 15.3 Å². The first-order valence-electron chi connectivity index (χ1n) is 5.79. The molecule has 0 fully saturated rings. The van der Waals surface area contributed by atoms with Crippen LogP contribution in [0.5, 0.6) is 0 Å². The number of nitrogens with one attached hydrogen (secondary N) is 1. The second-order valence-electron chi connectivity index (χ2n) is 4.09. The predicted octanol–water partition coefficient (Wildman–Crippen LogP) is 1.25. The van der Waals surface area contributed by atoms with Crippen molar-refractivity contribution in [3.05, 3.63) is 34.4 Å². The van der Waals surface area contributed by atoms with Gasteiger partial charge in [-0.05, 0) is 18.2 Å². The highest BCUT2D eigenvalue weighted by molar-refractivity contribution is 5.87. The van der Waals surface area contributed by atoms with E-state index in [-0.39, 0.29) is 17.5 Å². The van der Waals surface area contributed by atoms with Gasteiger partial charge in [0.25, 0.3) is 0 Å². The van der Waals surface area contributed by atoms with E-state index in [4.69, 9.17) is 4.42 Å². The molecular formula is C11H8N6O4. The number of aromatic nitrogens is 4. The standard InChI is InChI=1S/C11H8N6O4/c1-6(18)12-8-3-4-9-13-14-11(16(9)15-8)7-2-5-10(21-7)17(19)20/h2-5H,1H3,(H,12,15,18). The Labute approximate surface area is 116 Å². The van der Waals surface area contributed by atoms with Crippen LogP contribution >= 0.6 is 0 Å². The summed E-state index contributed by atoms with van der Waals surface area (Å²) in [7, 11) is 0. The van der Waals surface area contributed by atoms with Gasteiger partial charge in [-0.2, -0.15) is 4.52 Å².